The van der Waals surface area contributed by atoms with Gasteiger partial charge in [0.15, 0.2) is 0 Å². The molecule has 1 amide bonds. The topological polar surface area (TPSA) is 56.0 Å². The summed E-state index contributed by atoms with van der Waals surface area (Å²) in [4.78, 5) is 13.7. The van der Waals surface area contributed by atoms with Crippen molar-refractivity contribution in [1.82, 2.24) is 24.5 Å². The quantitative estimate of drug-likeness (QED) is 0.835. The standard InChI is InChI=1S/C12H16BrN5O/c1-16(9-11-3-5-17(2)15-11)12(19)4-6-18-8-10(13)7-14-18/h3,5,7-8H,4,6,9H2,1-2H3. The maximum Gasteiger partial charge on any atom is 0.224 e. The van der Waals surface area contributed by atoms with E-state index in [0.29, 0.717) is 19.5 Å². The molecule has 0 N–H and O–H groups in total. The average molecular weight is 326 g/mol. The third-order valence-corrected chi connectivity index (χ3v) is 3.16. The number of carbonyl (C=O) groups is 1. The number of hydrogen-bond acceptors (Lipinski definition) is 3. The number of carbonyl (C=O) groups excluding carboxylic acids is 1. The fourth-order valence-corrected chi connectivity index (χ4v) is 2.07. The van der Waals surface area contributed by atoms with E-state index in [-0.39, 0.29) is 5.91 Å². The van der Waals surface area contributed by atoms with Gasteiger partial charge in [-0.2, -0.15) is 10.2 Å². The van der Waals surface area contributed by atoms with E-state index in [2.05, 4.69) is 26.1 Å². The molecule has 0 bridgehead atoms. The molecule has 0 radical (unpaired) electrons. The summed E-state index contributed by atoms with van der Waals surface area (Å²) in [7, 11) is 3.65. The summed E-state index contributed by atoms with van der Waals surface area (Å²) in [5.74, 6) is 0.0808. The van der Waals surface area contributed by atoms with E-state index in [1.54, 1.807) is 27.5 Å². The lowest BCUT2D eigenvalue weighted by Gasteiger charge is -2.15. The zero-order chi connectivity index (χ0) is 13.8. The molecule has 2 rings (SSSR count). The molecule has 0 fully saturated rings. The van der Waals surface area contributed by atoms with E-state index in [9.17, 15) is 4.79 Å². The van der Waals surface area contributed by atoms with Gasteiger partial charge in [0, 0.05) is 39.5 Å². The zero-order valence-electron chi connectivity index (χ0n) is 11.0. The molecule has 0 aliphatic carbocycles. The van der Waals surface area contributed by atoms with Crippen LogP contribution in [0.3, 0.4) is 0 Å². The maximum atomic E-state index is 12.0. The molecule has 2 aromatic heterocycles. The fourth-order valence-electron chi connectivity index (χ4n) is 1.74. The van der Waals surface area contributed by atoms with Gasteiger partial charge >= 0.3 is 0 Å². The van der Waals surface area contributed by atoms with Crippen LogP contribution >= 0.6 is 15.9 Å². The van der Waals surface area contributed by atoms with Gasteiger partial charge < -0.3 is 4.90 Å². The van der Waals surface area contributed by atoms with Gasteiger partial charge in [0.05, 0.1) is 22.9 Å². The van der Waals surface area contributed by atoms with Crippen LogP contribution in [0.5, 0.6) is 0 Å². The van der Waals surface area contributed by atoms with Gasteiger partial charge in [0.2, 0.25) is 5.91 Å². The predicted octanol–water partition coefficient (Wildman–Crippen LogP) is 1.43. The minimum absolute atomic E-state index is 0.0808. The fraction of sp³-hybridized carbons (Fsp3) is 0.417. The highest BCUT2D eigenvalue weighted by Gasteiger charge is 2.11. The summed E-state index contributed by atoms with van der Waals surface area (Å²) in [5, 5.41) is 8.37. The first-order valence-corrected chi connectivity index (χ1v) is 6.74. The van der Waals surface area contributed by atoms with Crippen molar-refractivity contribution in [2.24, 2.45) is 7.05 Å². The van der Waals surface area contributed by atoms with E-state index in [1.165, 1.54) is 0 Å². The van der Waals surface area contributed by atoms with Crippen LogP contribution in [-0.2, 0) is 24.9 Å². The first-order valence-electron chi connectivity index (χ1n) is 5.95. The van der Waals surface area contributed by atoms with Crippen LogP contribution in [0.2, 0.25) is 0 Å². The van der Waals surface area contributed by atoms with E-state index in [0.717, 1.165) is 10.2 Å². The number of nitrogens with zero attached hydrogens (tertiary/aromatic N) is 5. The lowest BCUT2D eigenvalue weighted by Crippen LogP contribution is -2.27. The molecule has 6 nitrogen and oxygen atoms in total. The molecular formula is C12H16BrN5O. The van der Waals surface area contributed by atoms with E-state index in [1.807, 2.05) is 25.5 Å². The molecule has 0 aromatic carbocycles. The number of aromatic nitrogens is 4. The van der Waals surface area contributed by atoms with Crippen LogP contribution in [-0.4, -0.2) is 37.4 Å². The van der Waals surface area contributed by atoms with Gasteiger partial charge in [-0.25, -0.2) is 0 Å². The van der Waals surface area contributed by atoms with Crippen molar-refractivity contribution in [3.05, 3.63) is 34.8 Å². The number of amides is 1. The van der Waals surface area contributed by atoms with Crippen molar-refractivity contribution < 1.29 is 4.79 Å². The normalized spacial score (nSPS) is 10.7. The Hall–Kier alpha value is -1.63. The smallest absolute Gasteiger partial charge is 0.224 e. The van der Waals surface area contributed by atoms with Crippen molar-refractivity contribution in [1.29, 1.82) is 0 Å². The first kappa shape index (κ1) is 13.8. The van der Waals surface area contributed by atoms with Gasteiger partial charge in [-0.1, -0.05) is 0 Å². The van der Waals surface area contributed by atoms with E-state index >= 15 is 0 Å². The molecule has 102 valence electrons. The Morgan fingerprint density at radius 2 is 2.32 bits per heavy atom. The van der Waals surface area contributed by atoms with Crippen LogP contribution in [0.4, 0.5) is 0 Å². The number of halogens is 1. The Bertz CT molecular complexity index is 562. The second kappa shape index (κ2) is 6.01. The van der Waals surface area contributed by atoms with Crippen molar-refractivity contribution in [3.8, 4) is 0 Å². The van der Waals surface area contributed by atoms with Crippen molar-refractivity contribution in [3.63, 3.8) is 0 Å². The van der Waals surface area contributed by atoms with Crippen molar-refractivity contribution in [2.75, 3.05) is 7.05 Å². The third kappa shape index (κ3) is 3.92. The van der Waals surface area contributed by atoms with Gasteiger partial charge in [0.25, 0.3) is 0 Å². The average Bonchev–Trinajstić information content (AvgIpc) is 2.95. The van der Waals surface area contributed by atoms with Crippen LogP contribution in [0, 0.1) is 0 Å². The SMILES string of the molecule is CN(Cc1ccn(C)n1)C(=O)CCn1cc(Br)cn1. The van der Waals surface area contributed by atoms with E-state index < -0.39 is 0 Å². The predicted molar refractivity (Wildman–Crippen MR) is 74.2 cm³/mol. The number of aryl methyl sites for hydroxylation is 2. The molecule has 19 heavy (non-hydrogen) atoms. The molecular weight excluding hydrogens is 310 g/mol. The highest BCUT2D eigenvalue weighted by Crippen LogP contribution is 2.07. The van der Waals surface area contributed by atoms with Crippen LogP contribution in [0.15, 0.2) is 29.1 Å². The molecule has 0 atom stereocenters. The molecule has 0 unspecified atom stereocenters. The lowest BCUT2D eigenvalue weighted by molar-refractivity contribution is -0.130. The Kier molecular flexibility index (Phi) is 4.36. The summed E-state index contributed by atoms with van der Waals surface area (Å²) < 4.78 is 4.40. The second-order valence-electron chi connectivity index (χ2n) is 4.40. The number of hydrogen-bond donors (Lipinski definition) is 0. The summed E-state index contributed by atoms with van der Waals surface area (Å²) >= 11 is 3.33. The molecule has 2 aromatic rings. The Balaban J connectivity index is 1.82. The van der Waals surface area contributed by atoms with Crippen LogP contribution < -0.4 is 0 Å². The summed E-state index contributed by atoms with van der Waals surface area (Å²) in [6, 6.07) is 1.91. The highest BCUT2D eigenvalue weighted by atomic mass is 79.9. The summed E-state index contributed by atoms with van der Waals surface area (Å²) in [6.45, 7) is 1.11. The second-order valence-corrected chi connectivity index (χ2v) is 5.32. The molecule has 0 aliphatic rings. The van der Waals surface area contributed by atoms with Crippen molar-refractivity contribution >= 4 is 21.8 Å². The minimum atomic E-state index is 0.0808. The Morgan fingerprint density at radius 3 is 2.89 bits per heavy atom. The monoisotopic (exact) mass is 325 g/mol. The molecule has 0 aliphatic heterocycles. The number of rotatable bonds is 5. The molecule has 7 heteroatoms. The largest absolute Gasteiger partial charge is 0.340 e. The van der Waals surface area contributed by atoms with Gasteiger partial charge in [-0.3, -0.25) is 14.2 Å². The maximum absolute atomic E-state index is 12.0. The minimum Gasteiger partial charge on any atom is -0.340 e. The highest BCUT2D eigenvalue weighted by molar-refractivity contribution is 9.10. The summed E-state index contributed by atoms with van der Waals surface area (Å²) in [5.41, 5.74) is 0.889. The summed E-state index contributed by atoms with van der Waals surface area (Å²) in [6.07, 6.45) is 5.86. The zero-order valence-corrected chi connectivity index (χ0v) is 12.5. The van der Waals surface area contributed by atoms with Gasteiger partial charge in [0.1, 0.15) is 0 Å². The van der Waals surface area contributed by atoms with Crippen molar-refractivity contribution in [2.45, 2.75) is 19.5 Å². The van der Waals surface area contributed by atoms with E-state index in [4.69, 9.17) is 0 Å². The molecule has 0 saturated heterocycles. The van der Waals surface area contributed by atoms with Gasteiger partial charge in [-0.05, 0) is 22.0 Å². The van der Waals surface area contributed by atoms with Crippen LogP contribution in [0.1, 0.15) is 12.1 Å². The van der Waals surface area contributed by atoms with Crippen LogP contribution in [0.25, 0.3) is 0 Å². The Labute approximate surface area is 120 Å². The Morgan fingerprint density at radius 1 is 1.53 bits per heavy atom. The molecule has 0 saturated carbocycles. The molecule has 0 spiro atoms. The third-order valence-electron chi connectivity index (χ3n) is 2.75. The molecule has 2 heterocycles. The first-order chi connectivity index (χ1) is 9.04. The van der Waals surface area contributed by atoms with Gasteiger partial charge in [-0.15, -0.1) is 0 Å². The lowest BCUT2D eigenvalue weighted by atomic mass is 10.3.